The third kappa shape index (κ3) is 6.23. The molecular formula is C26H28F3N7O4. The summed E-state index contributed by atoms with van der Waals surface area (Å²) >= 11 is 0. The van der Waals surface area contributed by atoms with Gasteiger partial charge in [0, 0.05) is 37.3 Å². The van der Waals surface area contributed by atoms with Crippen LogP contribution < -0.4 is 19.9 Å². The summed E-state index contributed by atoms with van der Waals surface area (Å²) in [7, 11) is 0. The fourth-order valence-corrected chi connectivity index (χ4v) is 4.54. The van der Waals surface area contributed by atoms with E-state index in [1.165, 1.54) is 43.3 Å². The SMILES string of the molecule is CC(C)(O)OCCCOc1ccnc(NC(=O)N2c3nc(-c4cccc(C(F)(F)F)c4)ncc3N3CCC2C3)n1. The molecule has 11 nitrogen and oxygen atoms in total. The molecule has 0 aliphatic carbocycles. The van der Waals surface area contributed by atoms with Gasteiger partial charge in [0.25, 0.3) is 0 Å². The van der Waals surface area contributed by atoms with Gasteiger partial charge in [0.15, 0.2) is 17.4 Å². The van der Waals surface area contributed by atoms with E-state index in [4.69, 9.17) is 9.47 Å². The van der Waals surface area contributed by atoms with Crippen LogP contribution >= 0.6 is 0 Å². The van der Waals surface area contributed by atoms with E-state index in [1.807, 2.05) is 4.90 Å². The molecule has 14 heteroatoms. The van der Waals surface area contributed by atoms with E-state index in [-0.39, 0.29) is 42.5 Å². The van der Waals surface area contributed by atoms with Gasteiger partial charge in [-0.25, -0.2) is 19.7 Å². The summed E-state index contributed by atoms with van der Waals surface area (Å²) < 4.78 is 50.7. The van der Waals surface area contributed by atoms with Gasteiger partial charge in [-0.1, -0.05) is 12.1 Å². The van der Waals surface area contributed by atoms with Crippen LogP contribution in [0.4, 0.5) is 35.4 Å². The molecule has 2 amide bonds. The first-order chi connectivity index (χ1) is 19.0. The minimum absolute atomic E-state index is 0.0179. The summed E-state index contributed by atoms with van der Waals surface area (Å²) in [6, 6.07) is 5.58. The Hall–Kier alpha value is -4.04. The number of aliphatic hydroxyl groups is 1. The molecule has 0 saturated carbocycles. The number of carbonyl (C=O) groups excluding carboxylic acids is 1. The van der Waals surface area contributed by atoms with Gasteiger partial charge in [-0.05, 0) is 32.4 Å². The lowest BCUT2D eigenvalue weighted by molar-refractivity contribution is -0.176. The van der Waals surface area contributed by atoms with Gasteiger partial charge in [0.1, 0.15) is 0 Å². The van der Waals surface area contributed by atoms with Crippen molar-refractivity contribution in [1.82, 2.24) is 19.9 Å². The Balaban J connectivity index is 1.33. The van der Waals surface area contributed by atoms with Crippen LogP contribution in [0.2, 0.25) is 0 Å². The Morgan fingerprint density at radius 3 is 2.77 bits per heavy atom. The molecule has 0 radical (unpaired) electrons. The van der Waals surface area contributed by atoms with Crippen LogP contribution in [0.1, 0.15) is 32.3 Å². The van der Waals surface area contributed by atoms with E-state index < -0.39 is 23.6 Å². The maximum Gasteiger partial charge on any atom is 0.416 e. The molecule has 1 saturated heterocycles. The molecule has 2 bridgehead atoms. The lowest BCUT2D eigenvalue weighted by atomic mass is 10.1. The van der Waals surface area contributed by atoms with E-state index in [0.29, 0.717) is 37.4 Å². The lowest BCUT2D eigenvalue weighted by Gasteiger charge is -2.35. The number of nitrogens with one attached hydrogen (secondary N) is 1. The number of amides is 2. The zero-order valence-electron chi connectivity index (χ0n) is 21.9. The number of aromatic nitrogens is 4. The van der Waals surface area contributed by atoms with E-state index >= 15 is 0 Å². The van der Waals surface area contributed by atoms with E-state index in [1.54, 1.807) is 6.07 Å². The van der Waals surface area contributed by atoms with Crippen molar-refractivity contribution in [1.29, 1.82) is 0 Å². The lowest BCUT2D eigenvalue weighted by Crippen LogP contribution is -2.48. The molecule has 212 valence electrons. The normalized spacial score (nSPS) is 16.6. The Morgan fingerprint density at radius 2 is 2.00 bits per heavy atom. The van der Waals surface area contributed by atoms with Crippen molar-refractivity contribution in [2.75, 3.05) is 41.4 Å². The van der Waals surface area contributed by atoms with Crippen molar-refractivity contribution in [2.24, 2.45) is 0 Å². The number of halogens is 3. The van der Waals surface area contributed by atoms with E-state index in [0.717, 1.165) is 12.1 Å². The predicted octanol–water partition coefficient (Wildman–Crippen LogP) is 4.10. The molecule has 4 heterocycles. The number of rotatable bonds is 8. The first-order valence-corrected chi connectivity index (χ1v) is 12.7. The van der Waals surface area contributed by atoms with E-state index in [9.17, 15) is 23.1 Å². The number of carbonyl (C=O) groups is 1. The highest BCUT2D eigenvalue weighted by Gasteiger charge is 2.41. The maximum absolute atomic E-state index is 13.5. The summed E-state index contributed by atoms with van der Waals surface area (Å²) in [6.07, 6.45) is -0.345. The molecule has 2 aromatic heterocycles. The highest BCUT2D eigenvalue weighted by molar-refractivity contribution is 6.03. The second kappa shape index (κ2) is 10.8. The number of fused-ring (bicyclic) bond motifs is 4. The standard InChI is InChI=1S/C26H28F3N7O4/c1-25(2,38)40-12-4-11-39-20-7-9-30-23(32-20)34-24(37)36-18-8-10-35(15-18)19-14-31-21(33-22(19)36)16-5-3-6-17(13-16)26(27,28)29/h3,5-7,9,13-14,18,38H,4,8,10-12,15H2,1-2H3,(H,30,32,34,37). The van der Waals surface area contributed by atoms with Crippen molar-refractivity contribution >= 4 is 23.5 Å². The molecule has 1 unspecified atom stereocenters. The number of alkyl halides is 3. The quantitative estimate of drug-likeness (QED) is 0.310. The van der Waals surface area contributed by atoms with Crippen LogP contribution in [-0.2, 0) is 10.9 Å². The number of anilines is 3. The topological polar surface area (TPSA) is 126 Å². The van der Waals surface area contributed by atoms with Gasteiger partial charge in [0.05, 0.1) is 36.7 Å². The predicted molar refractivity (Wildman–Crippen MR) is 139 cm³/mol. The summed E-state index contributed by atoms with van der Waals surface area (Å²) in [5, 5.41) is 12.3. The first-order valence-electron chi connectivity index (χ1n) is 12.7. The van der Waals surface area contributed by atoms with Crippen LogP contribution in [0.15, 0.2) is 42.7 Å². The second-order valence-corrected chi connectivity index (χ2v) is 9.89. The molecule has 0 spiro atoms. The van der Waals surface area contributed by atoms with Crippen LogP contribution in [0.3, 0.4) is 0 Å². The van der Waals surface area contributed by atoms with Crippen LogP contribution in [0.5, 0.6) is 5.88 Å². The number of benzene rings is 1. The zero-order chi connectivity index (χ0) is 28.5. The summed E-state index contributed by atoms with van der Waals surface area (Å²) in [5.41, 5.74) is -0.00769. The number of nitrogens with zero attached hydrogens (tertiary/aromatic N) is 6. The highest BCUT2D eigenvalue weighted by atomic mass is 19.4. The number of ether oxygens (including phenoxy) is 2. The molecule has 5 rings (SSSR count). The molecular weight excluding hydrogens is 531 g/mol. The Morgan fingerprint density at radius 1 is 1.18 bits per heavy atom. The van der Waals surface area contributed by atoms with Crippen molar-refractivity contribution in [2.45, 2.75) is 44.7 Å². The smallest absolute Gasteiger partial charge is 0.416 e. The fraction of sp³-hybridized carbons (Fsp3) is 0.423. The fourth-order valence-electron chi connectivity index (χ4n) is 4.54. The number of urea groups is 1. The zero-order valence-corrected chi connectivity index (χ0v) is 21.9. The van der Waals surface area contributed by atoms with Gasteiger partial charge >= 0.3 is 12.2 Å². The van der Waals surface area contributed by atoms with Crippen molar-refractivity contribution in [3.8, 4) is 17.3 Å². The Labute approximate surface area is 228 Å². The third-order valence-corrected chi connectivity index (χ3v) is 6.36. The van der Waals surface area contributed by atoms with Crippen molar-refractivity contribution in [3.05, 3.63) is 48.3 Å². The molecule has 3 aromatic rings. The average molecular weight is 560 g/mol. The van der Waals surface area contributed by atoms with Crippen LogP contribution in [0, 0.1) is 0 Å². The van der Waals surface area contributed by atoms with Gasteiger partial charge in [0.2, 0.25) is 11.8 Å². The van der Waals surface area contributed by atoms with Gasteiger partial charge in [-0.3, -0.25) is 10.2 Å². The van der Waals surface area contributed by atoms with Crippen molar-refractivity contribution in [3.63, 3.8) is 0 Å². The molecule has 1 atom stereocenters. The molecule has 1 fully saturated rings. The monoisotopic (exact) mass is 559 g/mol. The maximum atomic E-state index is 13.5. The average Bonchev–Trinajstić information content (AvgIpc) is 3.31. The summed E-state index contributed by atoms with van der Waals surface area (Å²) in [5.74, 6) is -0.592. The van der Waals surface area contributed by atoms with Gasteiger partial charge in [-0.2, -0.15) is 18.2 Å². The van der Waals surface area contributed by atoms with Crippen LogP contribution in [0.25, 0.3) is 11.4 Å². The van der Waals surface area contributed by atoms with E-state index in [2.05, 4.69) is 25.3 Å². The summed E-state index contributed by atoms with van der Waals surface area (Å²) in [4.78, 5) is 34.2. The largest absolute Gasteiger partial charge is 0.477 e. The highest BCUT2D eigenvalue weighted by Crippen LogP contribution is 2.40. The minimum atomic E-state index is -4.51. The molecule has 2 N–H and O–H groups in total. The number of hydrogen-bond acceptors (Lipinski definition) is 9. The summed E-state index contributed by atoms with van der Waals surface area (Å²) in [6.45, 7) is 4.89. The molecule has 2 aliphatic heterocycles. The van der Waals surface area contributed by atoms with Gasteiger partial charge in [-0.15, -0.1) is 0 Å². The molecule has 1 aromatic carbocycles. The van der Waals surface area contributed by atoms with Crippen LogP contribution in [-0.4, -0.2) is 69.2 Å². The second-order valence-electron chi connectivity index (χ2n) is 9.89. The third-order valence-electron chi connectivity index (χ3n) is 6.36. The van der Waals surface area contributed by atoms with Gasteiger partial charge < -0.3 is 19.5 Å². The van der Waals surface area contributed by atoms with Crippen molar-refractivity contribution < 1.29 is 32.5 Å². The number of hydrogen-bond donors (Lipinski definition) is 2. The Kier molecular flexibility index (Phi) is 7.47. The first kappa shape index (κ1) is 27.5. The molecule has 40 heavy (non-hydrogen) atoms. The Bertz CT molecular complexity index is 1380. The minimum Gasteiger partial charge on any atom is -0.477 e. The molecule has 2 aliphatic rings.